The lowest BCUT2D eigenvalue weighted by molar-refractivity contribution is 0.0981. The lowest BCUT2D eigenvalue weighted by Gasteiger charge is -2.42. The molecule has 0 bridgehead atoms. The average molecular weight is 348 g/mol. The second kappa shape index (κ2) is 8.83. The van der Waals surface area contributed by atoms with Crippen LogP contribution in [0.25, 0.3) is 0 Å². The van der Waals surface area contributed by atoms with Crippen LogP contribution in [0.3, 0.4) is 0 Å². The minimum atomic E-state index is 0.251. The summed E-state index contributed by atoms with van der Waals surface area (Å²) in [7, 11) is 2.21. The second-order valence-electron chi connectivity index (χ2n) is 7.49. The van der Waals surface area contributed by atoms with Crippen LogP contribution in [-0.4, -0.2) is 78.9 Å². The largest absolute Gasteiger partial charge is 0.397 e. The first-order valence-electron chi connectivity index (χ1n) is 9.70. The van der Waals surface area contributed by atoms with E-state index >= 15 is 0 Å². The first-order valence-corrected chi connectivity index (χ1v) is 9.70. The third-order valence-electron chi connectivity index (χ3n) is 5.64. The lowest BCUT2D eigenvalue weighted by atomic mass is 10.0. The van der Waals surface area contributed by atoms with Gasteiger partial charge in [0.1, 0.15) is 5.82 Å². The predicted octanol–water partition coefficient (Wildman–Crippen LogP) is 1.20. The van der Waals surface area contributed by atoms with E-state index in [9.17, 15) is 0 Å². The van der Waals surface area contributed by atoms with Gasteiger partial charge in [0.15, 0.2) is 0 Å². The summed E-state index contributed by atoms with van der Waals surface area (Å²) < 4.78 is 0. The number of pyridine rings is 1. The molecule has 3 rings (SSSR count). The Morgan fingerprint density at radius 1 is 1.12 bits per heavy atom. The standard InChI is InChI=1S/C19H33N5O/c1-22-9-11-23(12-10-22)18-5-7-24(8-6-18)19-16(4-2-3-13-25)14-17(20)15-21-19/h14-15,18,25H,2-13,20H2,1H3. The molecule has 1 aromatic rings. The lowest BCUT2D eigenvalue weighted by Crippen LogP contribution is -2.52. The number of hydrogen-bond acceptors (Lipinski definition) is 6. The molecule has 0 radical (unpaired) electrons. The SMILES string of the molecule is CN1CCN(C2CCN(c3ncc(N)cc3CCCCO)CC2)CC1. The number of nitrogens with two attached hydrogens (primary N) is 1. The maximum absolute atomic E-state index is 9.03. The molecular formula is C19H33N5O. The predicted molar refractivity (Wildman–Crippen MR) is 103 cm³/mol. The Hall–Kier alpha value is -1.37. The number of hydrogen-bond donors (Lipinski definition) is 2. The van der Waals surface area contributed by atoms with E-state index in [4.69, 9.17) is 10.8 Å². The summed E-state index contributed by atoms with van der Waals surface area (Å²) in [4.78, 5) is 12.2. The van der Waals surface area contributed by atoms with Gasteiger partial charge in [0.05, 0.1) is 11.9 Å². The van der Waals surface area contributed by atoms with Gasteiger partial charge in [-0.05, 0) is 50.8 Å². The van der Waals surface area contributed by atoms with Crippen LogP contribution in [0, 0.1) is 0 Å². The van der Waals surface area contributed by atoms with Gasteiger partial charge in [0.2, 0.25) is 0 Å². The van der Waals surface area contributed by atoms with E-state index in [1.54, 1.807) is 6.20 Å². The Balaban J connectivity index is 1.58. The molecule has 0 spiro atoms. The molecule has 0 unspecified atom stereocenters. The van der Waals surface area contributed by atoms with E-state index < -0.39 is 0 Å². The van der Waals surface area contributed by atoms with Gasteiger partial charge in [0, 0.05) is 51.9 Å². The molecule has 1 aromatic heterocycles. The van der Waals surface area contributed by atoms with Crippen molar-refractivity contribution in [1.82, 2.24) is 14.8 Å². The Labute approximate surface area is 151 Å². The van der Waals surface area contributed by atoms with Crippen molar-refractivity contribution in [2.45, 2.75) is 38.1 Å². The van der Waals surface area contributed by atoms with Gasteiger partial charge < -0.3 is 20.6 Å². The van der Waals surface area contributed by atoms with E-state index in [0.29, 0.717) is 0 Å². The number of piperidine rings is 1. The van der Waals surface area contributed by atoms with Gasteiger partial charge in [-0.3, -0.25) is 4.90 Å². The fourth-order valence-corrected chi connectivity index (χ4v) is 4.05. The van der Waals surface area contributed by atoms with Gasteiger partial charge in [-0.1, -0.05) is 0 Å². The minimum absolute atomic E-state index is 0.251. The van der Waals surface area contributed by atoms with Crippen LogP contribution in [0.2, 0.25) is 0 Å². The zero-order valence-corrected chi connectivity index (χ0v) is 15.5. The Morgan fingerprint density at radius 3 is 2.52 bits per heavy atom. The highest BCUT2D eigenvalue weighted by Crippen LogP contribution is 2.27. The number of anilines is 2. The molecule has 2 fully saturated rings. The minimum Gasteiger partial charge on any atom is -0.397 e. The summed E-state index contributed by atoms with van der Waals surface area (Å²) in [5.74, 6) is 1.10. The average Bonchev–Trinajstić information content (AvgIpc) is 2.63. The van der Waals surface area contributed by atoms with Gasteiger partial charge >= 0.3 is 0 Å². The number of piperazine rings is 1. The van der Waals surface area contributed by atoms with Gasteiger partial charge in [-0.2, -0.15) is 0 Å². The van der Waals surface area contributed by atoms with Crippen molar-refractivity contribution in [2.75, 3.05) is 63.6 Å². The zero-order chi connectivity index (χ0) is 17.6. The molecule has 2 saturated heterocycles. The van der Waals surface area contributed by atoms with Crippen molar-refractivity contribution in [1.29, 1.82) is 0 Å². The van der Waals surface area contributed by atoms with Crippen molar-refractivity contribution in [3.63, 3.8) is 0 Å². The summed E-state index contributed by atoms with van der Waals surface area (Å²) in [5.41, 5.74) is 7.91. The number of aliphatic hydroxyl groups excluding tert-OH is 1. The fraction of sp³-hybridized carbons (Fsp3) is 0.737. The van der Waals surface area contributed by atoms with Crippen molar-refractivity contribution >= 4 is 11.5 Å². The number of aryl methyl sites for hydroxylation is 1. The van der Waals surface area contributed by atoms with Crippen molar-refractivity contribution in [3.8, 4) is 0 Å². The maximum Gasteiger partial charge on any atom is 0.131 e. The van der Waals surface area contributed by atoms with E-state index in [1.807, 2.05) is 0 Å². The van der Waals surface area contributed by atoms with Gasteiger partial charge in [-0.25, -0.2) is 4.98 Å². The summed E-state index contributed by atoms with van der Waals surface area (Å²) in [5, 5.41) is 9.03. The highest BCUT2D eigenvalue weighted by atomic mass is 16.2. The van der Waals surface area contributed by atoms with Crippen LogP contribution in [0.15, 0.2) is 12.3 Å². The second-order valence-corrected chi connectivity index (χ2v) is 7.49. The van der Waals surface area contributed by atoms with Crippen LogP contribution in [0.1, 0.15) is 31.2 Å². The molecule has 0 amide bonds. The Morgan fingerprint density at radius 2 is 1.84 bits per heavy atom. The first kappa shape index (κ1) is 18.4. The summed E-state index contributed by atoms with van der Waals surface area (Å²) in [6.45, 7) is 7.17. The molecule has 6 heteroatoms. The molecule has 2 aliphatic heterocycles. The van der Waals surface area contributed by atoms with E-state index in [0.717, 1.165) is 49.9 Å². The maximum atomic E-state index is 9.03. The number of unbranched alkanes of at least 4 members (excludes halogenated alkanes) is 1. The quantitative estimate of drug-likeness (QED) is 0.754. The van der Waals surface area contributed by atoms with Crippen molar-refractivity contribution in [2.24, 2.45) is 0 Å². The highest BCUT2D eigenvalue weighted by molar-refractivity contribution is 5.53. The molecule has 0 aromatic carbocycles. The molecule has 3 N–H and O–H groups in total. The monoisotopic (exact) mass is 347 g/mol. The number of nitrogens with zero attached hydrogens (tertiary/aromatic N) is 4. The van der Waals surface area contributed by atoms with Crippen LogP contribution < -0.4 is 10.6 Å². The fourth-order valence-electron chi connectivity index (χ4n) is 4.05. The van der Waals surface area contributed by atoms with Crippen LogP contribution in [0.5, 0.6) is 0 Å². The third kappa shape index (κ3) is 4.84. The van der Waals surface area contributed by atoms with E-state index in [-0.39, 0.29) is 6.61 Å². The molecule has 0 aliphatic carbocycles. The number of rotatable bonds is 6. The Bertz CT molecular complexity index is 537. The number of aliphatic hydroxyl groups is 1. The molecule has 25 heavy (non-hydrogen) atoms. The zero-order valence-electron chi connectivity index (χ0n) is 15.5. The van der Waals surface area contributed by atoms with Crippen molar-refractivity contribution < 1.29 is 5.11 Å². The molecule has 0 atom stereocenters. The number of likely N-dealkylation sites (N-methyl/N-ethyl adjacent to an activating group) is 1. The molecule has 2 aliphatic rings. The number of aromatic nitrogens is 1. The smallest absolute Gasteiger partial charge is 0.131 e. The molecule has 6 nitrogen and oxygen atoms in total. The Kier molecular flexibility index (Phi) is 6.51. The first-order chi connectivity index (χ1) is 12.2. The van der Waals surface area contributed by atoms with E-state index in [1.165, 1.54) is 44.6 Å². The normalized spacial score (nSPS) is 21.0. The molecule has 140 valence electrons. The molecular weight excluding hydrogens is 314 g/mol. The summed E-state index contributed by atoms with van der Waals surface area (Å²) >= 11 is 0. The van der Waals surface area contributed by atoms with Gasteiger partial charge in [0.25, 0.3) is 0 Å². The molecule has 3 heterocycles. The van der Waals surface area contributed by atoms with Crippen LogP contribution in [-0.2, 0) is 6.42 Å². The van der Waals surface area contributed by atoms with Crippen LogP contribution >= 0.6 is 0 Å². The molecule has 0 saturated carbocycles. The van der Waals surface area contributed by atoms with Crippen LogP contribution in [0.4, 0.5) is 11.5 Å². The van der Waals surface area contributed by atoms with Gasteiger partial charge in [-0.15, -0.1) is 0 Å². The highest BCUT2D eigenvalue weighted by Gasteiger charge is 2.27. The third-order valence-corrected chi connectivity index (χ3v) is 5.64. The number of nitrogen functional groups attached to an aromatic ring is 1. The summed E-state index contributed by atoms with van der Waals surface area (Å²) in [6.07, 6.45) is 6.95. The summed E-state index contributed by atoms with van der Waals surface area (Å²) in [6, 6.07) is 2.78. The van der Waals surface area contributed by atoms with Crippen molar-refractivity contribution in [3.05, 3.63) is 17.8 Å². The topological polar surface area (TPSA) is 68.9 Å². The van der Waals surface area contributed by atoms with E-state index in [2.05, 4.69) is 32.8 Å².